The van der Waals surface area contributed by atoms with Crippen LogP contribution in [0.5, 0.6) is 0 Å². The summed E-state index contributed by atoms with van der Waals surface area (Å²) in [5, 5.41) is 8.49. The third kappa shape index (κ3) is 2.87. The third-order valence-electron chi connectivity index (χ3n) is 3.34. The summed E-state index contributed by atoms with van der Waals surface area (Å²) in [5.74, 6) is 0.133. The second-order valence-electron chi connectivity index (χ2n) is 5.12. The Morgan fingerprint density at radius 1 is 1.59 bits per heavy atom. The normalized spacial score (nSPS) is 21.2. The first-order valence-corrected chi connectivity index (χ1v) is 7.04. The van der Waals surface area contributed by atoms with Gasteiger partial charge >= 0.3 is 0 Å². The Hall–Kier alpha value is -0.870. The predicted molar refractivity (Wildman–Crippen MR) is 71.4 cm³/mol. The van der Waals surface area contributed by atoms with Gasteiger partial charge in [0.15, 0.2) is 0 Å². The lowest BCUT2D eigenvalue weighted by molar-refractivity contribution is -0.126. The summed E-state index contributed by atoms with van der Waals surface area (Å²) in [7, 11) is 0. The molecule has 0 radical (unpaired) electrons. The lowest BCUT2D eigenvalue weighted by Gasteiger charge is -2.29. The Morgan fingerprint density at radius 2 is 2.41 bits per heavy atom. The molecule has 2 rings (SSSR count). The number of carbonyl (C=O) groups is 1. The van der Waals surface area contributed by atoms with Gasteiger partial charge in [-0.2, -0.15) is 0 Å². The fourth-order valence-corrected chi connectivity index (χ4v) is 2.94. The molecule has 1 amide bonds. The average Bonchev–Trinajstić information content (AvgIpc) is 2.84. The van der Waals surface area contributed by atoms with Crippen molar-refractivity contribution in [2.45, 2.75) is 38.1 Å². The van der Waals surface area contributed by atoms with Gasteiger partial charge in [-0.05, 0) is 44.7 Å². The van der Waals surface area contributed by atoms with E-state index in [9.17, 15) is 4.79 Å². The molecule has 17 heavy (non-hydrogen) atoms. The van der Waals surface area contributed by atoms with Gasteiger partial charge < -0.3 is 10.6 Å². The molecule has 0 saturated carbocycles. The smallest absolute Gasteiger partial charge is 0.231 e. The zero-order valence-corrected chi connectivity index (χ0v) is 11.3. The van der Waals surface area contributed by atoms with Crippen molar-refractivity contribution in [1.82, 2.24) is 10.6 Å². The molecule has 0 bridgehead atoms. The van der Waals surface area contributed by atoms with E-state index >= 15 is 0 Å². The summed E-state index contributed by atoms with van der Waals surface area (Å²) >= 11 is 1.64. The molecule has 1 aromatic heterocycles. The first-order valence-electron chi connectivity index (χ1n) is 6.16. The fourth-order valence-electron chi connectivity index (χ4n) is 2.09. The highest BCUT2D eigenvalue weighted by atomic mass is 32.1. The Kier molecular flexibility index (Phi) is 3.84. The number of piperidine rings is 1. The van der Waals surface area contributed by atoms with Crippen molar-refractivity contribution in [3.8, 4) is 0 Å². The first-order chi connectivity index (χ1) is 8.10. The minimum absolute atomic E-state index is 0.133. The molecule has 2 heterocycles. The zero-order chi connectivity index (χ0) is 12.3. The van der Waals surface area contributed by atoms with Crippen LogP contribution in [0.1, 0.15) is 31.6 Å². The van der Waals surface area contributed by atoms with E-state index < -0.39 is 5.41 Å². The van der Waals surface area contributed by atoms with Crippen molar-refractivity contribution >= 4 is 17.2 Å². The largest absolute Gasteiger partial charge is 0.351 e. The van der Waals surface area contributed by atoms with Gasteiger partial charge in [0, 0.05) is 17.5 Å². The summed E-state index contributed by atoms with van der Waals surface area (Å²) in [5.41, 5.74) is -0.425. The fraction of sp³-hybridized carbons (Fsp3) is 0.615. The van der Waals surface area contributed by atoms with Gasteiger partial charge in [0.2, 0.25) is 5.91 Å². The molecule has 1 aliphatic heterocycles. The van der Waals surface area contributed by atoms with Gasteiger partial charge in [-0.1, -0.05) is 6.07 Å². The second kappa shape index (κ2) is 5.19. The van der Waals surface area contributed by atoms with Crippen LogP contribution in [0.25, 0.3) is 0 Å². The highest BCUT2D eigenvalue weighted by Gasteiger charge is 2.32. The van der Waals surface area contributed by atoms with Gasteiger partial charge in [-0.3, -0.25) is 4.79 Å². The topological polar surface area (TPSA) is 41.1 Å². The van der Waals surface area contributed by atoms with E-state index in [0.717, 1.165) is 30.8 Å². The van der Waals surface area contributed by atoms with E-state index in [1.165, 1.54) is 0 Å². The average molecular weight is 252 g/mol. The van der Waals surface area contributed by atoms with Crippen LogP contribution in [0.15, 0.2) is 17.5 Å². The molecule has 1 aromatic rings. The van der Waals surface area contributed by atoms with Gasteiger partial charge in [-0.15, -0.1) is 11.3 Å². The minimum atomic E-state index is -0.425. The quantitative estimate of drug-likeness (QED) is 0.862. The molecule has 1 aliphatic rings. The van der Waals surface area contributed by atoms with E-state index in [4.69, 9.17) is 0 Å². The van der Waals surface area contributed by atoms with Crippen LogP contribution < -0.4 is 10.6 Å². The summed E-state index contributed by atoms with van der Waals surface area (Å²) < 4.78 is 0. The number of amides is 1. The number of thiophene rings is 1. The lowest BCUT2D eigenvalue weighted by atomic mass is 9.89. The highest BCUT2D eigenvalue weighted by molar-refractivity contribution is 7.10. The molecule has 0 unspecified atom stereocenters. The van der Waals surface area contributed by atoms with Gasteiger partial charge in [0.25, 0.3) is 0 Å². The van der Waals surface area contributed by atoms with Crippen LogP contribution in [-0.2, 0) is 10.2 Å². The monoisotopic (exact) mass is 252 g/mol. The van der Waals surface area contributed by atoms with Crippen molar-refractivity contribution in [2.75, 3.05) is 13.1 Å². The SMILES string of the molecule is CC(C)(C(=O)N[C@H]1CCCNC1)c1cccs1. The van der Waals surface area contributed by atoms with Crippen LogP contribution in [0.3, 0.4) is 0 Å². The Morgan fingerprint density at radius 3 is 3.00 bits per heavy atom. The van der Waals surface area contributed by atoms with E-state index in [1.807, 2.05) is 31.4 Å². The standard InChI is InChI=1S/C13H20N2OS/c1-13(2,11-6-4-8-17-11)12(16)15-10-5-3-7-14-9-10/h4,6,8,10,14H,3,5,7,9H2,1-2H3,(H,15,16)/t10-/m0/s1. The Bertz CT molecular complexity index is 367. The molecule has 1 saturated heterocycles. The van der Waals surface area contributed by atoms with Crippen molar-refractivity contribution in [3.05, 3.63) is 22.4 Å². The third-order valence-corrected chi connectivity index (χ3v) is 4.53. The summed E-state index contributed by atoms with van der Waals surface area (Å²) in [4.78, 5) is 13.4. The number of nitrogens with one attached hydrogen (secondary N) is 2. The molecule has 0 aromatic carbocycles. The molecule has 2 N–H and O–H groups in total. The van der Waals surface area contributed by atoms with Crippen molar-refractivity contribution < 1.29 is 4.79 Å². The van der Waals surface area contributed by atoms with Crippen molar-refractivity contribution in [2.24, 2.45) is 0 Å². The van der Waals surface area contributed by atoms with Crippen molar-refractivity contribution in [1.29, 1.82) is 0 Å². The van der Waals surface area contributed by atoms with Crippen LogP contribution in [0.4, 0.5) is 0 Å². The molecule has 0 spiro atoms. The Labute approximate surface area is 107 Å². The number of carbonyl (C=O) groups excluding carboxylic acids is 1. The Balaban J connectivity index is 1.99. The predicted octanol–water partition coefficient (Wildman–Crippen LogP) is 1.89. The molecular formula is C13H20N2OS. The van der Waals surface area contributed by atoms with Gasteiger partial charge in [0.1, 0.15) is 0 Å². The molecule has 1 atom stereocenters. The molecule has 0 aliphatic carbocycles. The van der Waals surface area contributed by atoms with Crippen LogP contribution in [0, 0.1) is 0 Å². The number of hydrogen-bond acceptors (Lipinski definition) is 3. The zero-order valence-electron chi connectivity index (χ0n) is 10.5. The summed E-state index contributed by atoms with van der Waals surface area (Å²) in [6.07, 6.45) is 2.23. The maximum Gasteiger partial charge on any atom is 0.231 e. The molecule has 94 valence electrons. The lowest BCUT2D eigenvalue weighted by Crippen LogP contribution is -2.50. The number of hydrogen-bond donors (Lipinski definition) is 2. The van der Waals surface area contributed by atoms with E-state index in [0.29, 0.717) is 0 Å². The minimum Gasteiger partial charge on any atom is -0.351 e. The van der Waals surface area contributed by atoms with Gasteiger partial charge in [0.05, 0.1) is 5.41 Å². The summed E-state index contributed by atoms with van der Waals surface area (Å²) in [6.45, 7) is 5.95. The molecule has 3 nitrogen and oxygen atoms in total. The van der Waals surface area contributed by atoms with Crippen LogP contribution >= 0.6 is 11.3 Å². The van der Waals surface area contributed by atoms with Crippen molar-refractivity contribution in [3.63, 3.8) is 0 Å². The maximum absolute atomic E-state index is 12.3. The molecule has 4 heteroatoms. The van der Waals surface area contributed by atoms with E-state index in [-0.39, 0.29) is 11.9 Å². The van der Waals surface area contributed by atoms with Crippen LogP contribution in [0.2, 0.25) is 0 Å². The van der Waals surface area contributed by atoms with Gasteiger partial charge in [-0.25, -0.2) is 0 Å². The maximum atomic E-state index is 12.3. The summed E-state index contributed by atoms with van der Waals surface area (Å²) in [6, 6.07) is 4.32. The first kappa shape index (κ1) is 12.6. The van der Waals surface area contributed by atoms with E-state index in [2.05, 4.69) is 10.6 Å². The number of rotatable bonds is 3. The second-order valence-corrected chi connectivity index (χ2v) is 6.07. The van der Waals surface area contributed by atoms with Crippen LogP contribution in [-0.4, -0.2) is 25.0 Å². The molecule has 1 fully saturated rings. The highest BCUT2D eigenvalue weighted by Crippen LogP contribution is 2.27. The molecular weight excluding hydrogens is 232 g/mol. The van der Waals surface area contributed by atoms with E-state index in [1.54, 1.807) is 11.3 Å².